The summed E-state index contributed by atoms with van der Waals surface area (Å²) in [7, 11) is 0. The van der Waals surface area contributed by atoms with Crippen LogP contribution < -0.4 is 0 Å². The van der Waals surface area contributed by atoms with E-state index in [0.717, 1.165) is 0 Å². The van der Waals surface area contributed by atoms with E-state index in [4.69, 9.17) is 9.47 Å². The van der Waals surface area contributed by atoms with Gasteiger partial charge in [-0.15, -0.1) is 0 Å². The monoisotopic (exact) mass is 188 g/mol. The maximum absolute atomic E-state index is 11.0. The summed E-state index contributed by atoms with van der Waals surface area (Å²) in [6, 6.07) is 0. The molecular weight excluding hydrogens is 172 g/mol. The molecule has 1 fully saturated rings. The second-order valence-corrected chi connectivity index (χ2v) is 3.18. The second-order valence-electron chi connectivity index (χ2n) is 3.18. The van der Waals surface area contributed by atoms with Gasteiger partial charge in [-0.25, -0.2) is 0 Å². The molecule has 1 saturated heterocycles. The SMILES string of the molecule is CCOC(=O)CC1CC(O)CCO1. The van der Waals surface area contributed by atoms with Crippen molar-refractivity contribution in [1.29, 1.82) is 0 Å². The Bertz CT molecular complexity index is 169. The molecule has 0 spiro atoms. The molecule has 13 heavy (non-hydrogen) atoms. The molecule has 1 aliphatic rings. The highest BCUT2D eigenvalue weighted by Gasteiger charge is 2.23. The molecule has 0 aromatic heterocycles. The third kappa shape index (κ3) is 3.74. The topological polar surface area (TPSA) is 55.8 Å². The molecule has 2 unspecified atom stereocenters. The molecule has 4 nitrogen and oxygen atoms in total. The van der Waals surface area contributed by atoms with E-state index < -0.39 is 0 Å². The zero-order valence-electron chi connectivity index (χ0n) is 7.86. The zero-order chi connectivity index (χ0) is 9.68. The first-order valence-corrected chi connectivity index (χ1v) is 4.67. The van der Waals surface area contributed by atoms with Gasteiger partial charge in [-0.2, -0.15) is 0 Å². The molecule has 0 aromatic carbocycles. The fourth-order valence-corrected chi connectivity index (χ4v) is 1.41. The molecule has 0 saturated carbocycles. The van der Waals surface area contributed by atoms with Crippen molar-refractivity contribution in [2.75, 3.05) is 13.2 Å². The van der Waals surface area contributed by atoms with Crippen molar-refractivity contribution >= 4 is 5.97 Å². The van der Waals surface area contributed by atoms with Crippen molar-refractivity contribution < 1.29 is 19.4 Å². The lowest BCUT2D eigenvalue weighted by Crippen LogP contribution is -2.31. The summed E-state index contributed by atoms with van der Waals surface area (Å²) in [4.78, 5) is 11.0. The van der Waals surface area contributed by atoms with Gasteiger partial charge in [0.05, 0.1) is 25.2 Å². The lowest BCUT2D eigenvalue weighted by Gasteiger charge is -2.25. The van der Waals surface area contributed by atoms with Crippen molar-refractivity contribution in [1.82, 2.24) is 0 Å². The van der Waals surface area contributed by atoms with Crippen molar-refractivity contribution in [3.05, 3.63) is 0 Å². The Balaban J connectivity index is 2.23. The molecule has 2 atom stereocenters. The average molecular weight is 188 g/mol. The van der Waals surface area contributed by atoms with Gasteiger partial charge in [0, 0.05) is 13.0 Å². The first-order chi connectivity index (χ1) is 6.22. The molecular formula is C9H16O4. The summed E-state index contributed by atoms with van der Waals surface area (Å²) in [5.74, 6) is -0.249. The number of aliphatic hydroxyl groups is 1. The van der Waals surface area contributed by atoms with E-state index in [1.165, 1.54) is 0 Å². The van der Waals surface area contributed by atoms with Crippen LogP contribution in [0.2, 0.25) is 0 Å². The third-order valence-electron chi connectivity index (χ3n) is 2.04. The van der Waals surface area contributed by atoms with E-state index in [-0.39, 0.29) is 24.6 Å². The van der Waals surface area contributed by atoms with E-state index in [1.54, 1.807) is 6.92 Å². The predicted octanol–water partition coefficient (Wildman–Crippen LogP) is 0.480. The molecule has 1 heterocycles. The van der Waals surface area contributed by atoms with Crippen molar-refractivity contribution in [3.8, 4) is 0 Å². The first-order valence-electron chi connectivity index (χ1n) is 4.67. The van der Waals surface area contributed by atoms with Crippen LogP contribution in [0.3, 0.4) is 0 Å². The lowest BCUT2D eigenvalue weighted by molar-refractivity contribution is -0.148. The van der Waals surface area contributed by atoms with Gasteiger partial charge in [0.25, 0.3) is 0 Å². The maximum atomic E-state index is 11.0. The molecule has 1 N–H and O–H groups in total. The number of carbonyl (C=O) groups is 1. The Morgan fingerprint density at radius 3 is 3.08 bits per heavy atom. The minimum absolute atomic E-state index is 0.164. The van der Waals surface area contributed by atoms with Crippen LogP contribution in [0.15, 0.2) is 0 Å². The predicted molar refractivity (Wildman–Crippen MR) is 46.2 cm³/mol. The highest BCUT2D eigenvalue weighted by molar-refractivity contribution is 5.69. The number of hydrogen-bond donors (Lipinski definition) is 1. The van der Waals surface area contributed by atoms with Crippen LogP contribution in [0.5, 0.6) is 0 Å². The van der Waals surface area contributed by atoms with E-state index in [0.29, 0.717) is 26.1 Å². The summed E-state index contributed by atoms with van der Waals surface area (Å²) in [6.45, 7) is 2.70. The van der Waals surface area contributed by atoms with Crippen molar-refractivity contribution in [2.45, 2.75) is 38.4 Å². The minimum Gasteiger partial charge on any atom is -0.466 e. The van der Waals surface area contributed by atoms with Crippen LogP contribution in [0.1, 0.15) is 26.2 Å². The highest BCUT2D eigenvalue weighted by Crippen LogP contribution is 2.16. The lowest BCUT2D eigenvalue weighted by atomic mass is 10.0. The Morgan fingerprint density at radius 2 is 2.46 bits per heavy atom. The number of rotatable bonds is 3. The van der Waals surface area contributed by atoms with Gasteiger partial charge in [0.1, 0.15) is 0 Å². The number of aliphatic hydroxyl groups excluding tert-OH is 1. The Morgan fingerprint density at radius 1 is 1.69 bits per heavy atom. The quantitative estimate of drug-likeness (QED) is 0.654. The van der Waals surface area contributed by atoms with Crippen LogP contribution >= 0.6 is 0 Å². The number of hydrogen-bond acceptors (Lipinski definition) is 4. The summed E-state index contributed by atoms with van der Waals surface area (Å²) < 4.78 is 10.1. The summed E-state index contributed by atoms with van der Waals surface area (Å²) in [5.41, 5.74) is 0. The zero-order valence-corrected chi connectivity index (χ0v) is 7.86. The van der Waals surface area contributed by atoms with E-state index in [9.17, 15) is 9.90 Å². The minimum atomic E-state index is -0.326. The molecule has 0 aliphatic carbocycles. The van der Waals surface area contributed by atoms with Gasteiger partial charge in [0.2, 0.25) is 0 Å². The number of carbonyl (C=O) groups excluding carboxylic acids is 1. The highest BCUT2D eigenvalue weighted by atomic mass is 16.5. The molecule has 0 bridgehead atoms. The Hall–Kier alpha value is -0.610. The van der Waals surface area contributed by atoms with Gasteiger partial charge in [-0.05, 0) is 13.3 Å². The summed E-state index contributed by atoms with van der Waals surface area (Å²) >= 11 is 0. The molecule has 0 amide bonds. The van der Waals surface area contributed by atoms with Gasteiger partial charge in [0.15, 0.2) is 0 Å². The number of esters is 1. The van der Waals surface area contributed by atoms with E-state index in [2.05, 4.69) is 0 Å². The summed E-state index contributed by atoms with van der Waals surface area (Å²) in [6.07, 6.45) is 0.972. The second kappa shape index (κ2) is 5.19. The normalized spacial score (nSPS) is 28.5. The number of ether oxygens (including phenoxy) is 2. The van der Waals surface area contributed by atoms with Gasteiger partial charge in [-0.3, -0.25) is 4.79 Å². The third-order valence-corrected chi connectivity index (χ3v) is 2.04. The fraction of sp³-hybridized carbons (Fsp3) is 0.889. The smallest absolute Gasteiger partial charge is 0.308 e. The van der Waals surface area contributed by atoms with Gasteiger partial charge in [-0.1, -0.05) is 0 Å². The van der Waals surface area contributed by atoms with Crippen LogP contribution in [-0.4, -0.2) is 36.5 Å². The molecule has 4 heteroatoms. The first kappa shape index (κ1) is 10.5. The summed E-state index contributed by atoms with van der Waals surface area (Å²) in [5, 5.41) is 9.29. The fourth-order valence-electron chi connectivity index (χ4n) is 1.41. The van der Waals surface area contributed by atoms with E-state index >= 15 is 0 Å². The van der Waals surface area contributed by atoms with Gasteiger partial charge >= 0.3 is 5.97 Å². The largest absolute Gasteiger partial charge is 0.466 e. The molecule has 1 rings (SSSR count). The maximum Gasteiger partial charge on any atom is 0.308 e. The Kier molecular flexibility index (Phi) is 4.18. The van der Waals surface area contributed by atoms with Crippen LogP contribution in [-0.2, 0) is 14.3 Å². The standard InChI is InChI=1S/C9H16O4/c1-2-12-9(11)6-8-5-7(10)3-4-13-8/h7-8,10H,2-6H2,1H3. The molecule has 0 radical (unpaired) electrons. The molecule has 1 aliphatic heterocycles. The van der Waals surface area contributed by atoms with E-state index in [1.807, 2.05) is 0 Å². The van der Waals surface area contributed by atoms with Crippen LogP contribution in [0, 0.1) is 0 Å². The Labute approximate surface area is 77.8 Å². The average Bonchev–Trinajstić information content (AvgIpc) is 2.04. The molecule has 76 valence electrons. The van der Waals surface area contributed by atoms with Gasteiger partial charge < -0.3 is 14.6 Å². The van der Waals surface area contributed by atoms with Crippen molar-refractivity contribution in [2.24, 2.45) is 0 Å². The molecule has 0 aromatic rings. The van der Waals surface area contributed by atoms with Crippen LogP contribution in [0.4, 0.5) is 0 Å². The van der Waals surface area contributed by atoms with Crippen LogP contribution in [0.25, 0.3) is 0 Å². The van der Waals surface area contributed by atoms with Crippen molar-refractivity contribution in [3.63, 3.8) is 0 Å².